The first-order valence-corrected chi connectivity index (χ1v) is 9.79. The van der Waals surface area contributed by atoms with Crippen molar-refractivity contribution >= 4 is 23.5 Å². The van der Waals surface area contributed by atoms with Crippen LogP contribution in [0, 0.1) is 5.41 Å². The molecule has 1 aliphatic heterocycles. The second-order valence-corrected chi connectivity index (χ2v) is 7.96. The van der Waals surface area contributed by atoms with Crippen molar-refractivity contribution in [2.24, 2.45) is 5.41 Å². The second-order valence-electron chi connectivity index (χ2n) is 7.96. The van der Waals surface area contributed by atoms with E-state index in [0.717, 1.165) is 0 Å². The van der Waals surface area contributed by atoms with Gasteiger partial charge < -0.3 is 15.4 Å². The Bertz CT molecular complexity index is 1040. The Morgan fingerprint density at radius 3 is 2.57 bits per heavy atom. The number of benzene rings is 1. The predicted octanol–water partition coefficient (Wildman–Crippen LogP) is 1.98. The van der Waals surface area contributed by atoms with Crippen LogP contribution in [0.25, 0.3) is 0 Å². The van der Waals surface area contributed by atoms with E-state index in [2.05, 4.69) is 10.6 Å². The monoisotopic (exact) mass is 411 g/mol. The fourth-order valence-corrected chi connectivity index (χ4v) is 3.40. The quantitative estimate of drug-likeness (QED) is 0.732. The molecule has 3 rings (SSSR count). The molecule has 0 spiro atoms. The van der Waals surface area contributed by atoms with Crippen LogP contribution >= 0.6 is 0 Å². The van der Waals surface area contributed by atoms with E-state index in [4.69, 9.17) is 4.74 Å². The Balaban J connectivity index is 2.10. The zero-order valence-corrected chi connectivity index (χ0v) is 17.3. The standard InChI is InChI=1S/C22H25N3O5/c1-4-30-18(26)12-25-17-11-22(2,3)13-23-20(28)15(17)10-16(21(25)29)24-19(27)14-8-6-5-7-9-14/h5-10H,4,11-13H2,1-3H3,(H,23,28)(H,24,27). The van der Waals surface area contributed by atoms with Gasteiger partial charge in [0.15, 0.2) is 0 Å². The molecule has 0 radical (unpaired) electrons. The highest BCUT2D eigenvalue weighted by Gasteiger charge is 2.31. The summed E-state index contributed by atoms with van der Waals surface area (Å²) in [5.74, 6) is -1.43. The summed E-state index contributed by atoms with van der Waals surface area (Å²) in [7, 11) is 0. The van der Waals surface area contributed by atoms with E-state index >= 15 is 0 Å². The van der Waals surface area contributed by atoms with Gasteiger partial charge in [0.05, 0.1) is 12.2 Å². The van der Waals surface area contributed by atoms with E-state index in [0.29, 0.717) is 24.2 Å². The number of pyridine rings is 1. The summed E-state index contributed by atoms with van der Waals surface area (Å²) in [5.41, 5.74) is 0.129. The van der Waals surface area contributed by atoms with Gasteiger partial charge in [-0.05, 0) is 37.0 Å². The van der Waals surface area contributed by atoms with Crippen LogP contribution in [0.2, 0.25) is 0 Å². The van der Waals surface area contributed by atoms with Crippen molar-refractivity contribution in [3.63, 3.8) is 0 Å². The Kier molecular flexibility index (Phi) is 6.05. The number of hydrogen-bond acceptors (Lipinski definition) is 5. The molecule has 2 aromatic rings. The number of amides is 2. The first-order valence-electron chi connectivity index (χ1n) is 9.79. The predicted molar refractivity (Wildman–Crippen MR) is 112 cm³/mol. The number of hydrogen-bond donors (Lipinski definition) is 2. The maximum atomic E-state index is 13.2. The van der Waals surface area contributed by atoms with Crippen LogP contribution < -0.4 is 16.2 Å². The first-order chi connectivity index (χ1) is 14.2. The van der Waals surface area contributed by atoms with Gasteiger partial charge in [-0.1, -0.05) is 32.0 Å². The highest BCUT2D eigenvalue weighted by atomic mass is 16.5. The maximum Gasteiger partial charge on any atom is 0.326 e. The average Bonchev–Trinajstić information content (AvgIpc) is 2.82. The fraction of sp³-hybridized carbons (Fsp3) is 0.364. The lowest BCUT2D eigenvalue weighted by molar-refractivity contribution is -0.143. The number of anilines is 1. The van der Waals surface area contributed by atoms with Crippen LogP contribution in [0.15, 0.2) is 41.2 Å². The Morgan fingerprint density at radius 2 is 1.90 bits per heavy atom. The summed E-state index contributed by atoms with van der Waals surface area (Å²) >= 11 is 0. The summed E-state index contributed by atoms with van der Waals surface area (Å²) in [4.78, 5) is 50.6. The number of aromatic nitrogens is 1. The summed E-state index contributed by atoms with van der Waals surface area (Å²) in [6.07, 6.45) is 0.405. The van der Waals surface area contributed by atoms with Crippen molar-refractivity contribution in [3.8, 4) is 0 Å². The molecular weight excluding hydrogens is 386 g/mol. The molecule has 0 unspecified atom stereocenters. The number of nitrogens with one attached hydrogen (secondary N) is 2. The smallest absolute Gasteiger partial charge is 0.326 e. The van der Waals surface area contributed by atoms with Gasteiger partial charge >= 0.3 is 5.97 Å². The lowest BCUT2D eigenvalue weighted by Gasteiger charge is -2.24. The van der Waals surface area contributed by atoms with E-state index in [1.807, 2.05) is 13.8 Å². The number of ether oxygens (including phenoxy) is 1. The van der Waals surface area contributed by atoms with Crippen LogP contribution in [-0.2, 0) is 22.5 Å². The molecule has 0 saturated heterocycles. The third-order valence-electron chi connectivity index (χ3n) is 4.90. The van der Waals surface area contributed by atoms with Crippen LogP contribution in [-0.4, -0.2) is 35.5 Å². The Morgan fingerprint density at radius 1 is 1.20 bits per heavy atom. The number of carbonyl (C=O) groups is 3. The fourth-order valence-electron chi connectivity index (χ4n) is 3.40. The third-order valence-corrected chi connectivity index (χ3v) is 4.90. The minimum atomic E-state index is -0.587. The van der Waals surface area contributed by atoms with Crippen molar-refractivity contribution in [1.29, 1.82) is 0 Å². The molecule has 1 aromatic carbocycles. The van der Waals surface area contributed by atoms with Gasteiger partial charge in [-0.25, -0.2) is 0 Å². The highest BCUT2D eigenvalue weighted by molar-refractivity contribution is 6.05. The minimum absolute atomic E-state index is 0.0678. The molecule has 0 fully saturated rings. The molecule has 2 heterocycles. The molecule has 30 heavy (non-hydrogen) atoms. The minimum Gasteiger partial charge on any atom is -0.465 e. The summed E-state index contributed by atoms with van der Waals surface area (Å²) in [6.45, 7) is 5.85. The molecule has 1 aliphatic rings. The van der Waals surface area contributed by atoms with E-state index in [9.17, 15) is 19.2 Å². The van der Waals surface area contributed by atoms with Crippen LogP contribution in [0.3, 0.4) is 0 Å². The molecule has 2 amide bonds. The Hall–Kier alpha value is -3.42. The van der Waals surface area contributed by atoms with Crippen molar-refractivity contribution in [2.45, 2.75) is 33.7 Å². The van der Waals surface area contributed by atoms with Gasteiger partial charge in [0, 0.05) is 17.8 Å². The van der Waals surface area contributed by atoms with E-state index in [1.165, 1.54) is 10.6 Å². The molecule has 0 saturated carbocycles. The van der Waals surface area contributed by atoms with Gasteiger partial charge in [-0.15, -0.1) is 0 Å². The first kappa shape index (κ1) is 21.3. The molecule has 0 aliphatic carbocycles. The molecule has 1 aromatic heterocycles. The third kappa shape index (κ3) is 4.59. The van der Waals surface area contributed by atoms with Crippen molar-refractivity contribution in [3.05, 3.63) is 63.6 Å². The molecular formula is C22H25N3O5. The highest BCUT2D eigenvalue weighted by Crippen LogP contribution is 2.27. The second kappa shape index (κ2) is 8.52. The largest absolute Gasteiger partial charge is 0.465 e. The molecule has 8 heteroatoms. The number of carbonyl (C=O) groups excluding carboxylic acids is 3. The van der Waals surface area contributed by atoms with Gasteiger partial charge in [-0.2, -0.15) is 0 Å². The summed E-state index contributed by atoms with van der Waals surface area (Å²) in [5, 5.41) is 5.42. The van der Waals surface area contributed by atoms with Crippen molar-refractivity contribution < 1.29 is 19.1 Å². The van der Waals surface area contributed by atoms with Crippen molar-refractivity contribution in [1.82, 2.24) is 9.88 Å². The number of nitrogens with zero attached hydrogens (tertiary/aromatic N) is 1. The van der Waals surface area contributed by atoms with Crippen LogP contribution in [0.5, 0.6) is 0 Å². The molecule has 8 nitrogen and oxygen atoms in total. The van der Waals surface area contributed by atoms with Gasteiger partial charge in [-0.3, -0.25) is 23.7 Å². The lowest BCUT2D eigenvalue weighted by Crippen LogP contribution is -2.34. The average molecular weight is 411 g/mol. The molecule has 2 N–H and O–H groups in total. The van der Waals surface area contributed by atoms with E-state index in [-0.39, 0.29) is 35.7 Å². The van der Waals surface area contributed by atoms with Crippen LogP contribution in [0.4, 0.5) is 5.69 Å². The zero-order chi connectivity index (χ0) is 21.9. The van der Waals surface area contributed by atoms with E-state index < -0.39 is 17.4 Å². The zero-order valence-electron chi connectivity index (χ0n) is 17.3. The number of rotatable bonds is 5. The number of esters is 1. The summed E-state index contributed by atoms with van der Waals surface area (Å²) in [6, 6.07) is 9.81. The molecule has 0 bridgehead atoms. The van der Waals surface area contributed by atoms with Gasteiger partial charge in [0.25, 0.3) is 17.4 Å². The normalized spacial score (nSPS) is 14.8. The van der Waals surface area contributed by atoms with Gasteiger partial charge in [0.2, 0.25) is 0 Å². The molecule has 158 valence electrons. The lowest BCUT2D eigenvalue weighted by atomic mass is 9.87. The van der Waals surface area contributed by atoms with E-state index in [1.54, 1.807) is 37.3 Å². The van der Waals surface area contributed by atoms with Gasteiger partial charge in [0.1, 0.15) is 12.2 Å². The maximum absolute atomic E-state index is 13.2. The topological polar surface area (TPSA) is 106 Å². The summed E-state index contributed by atoms with van der Waals surface area (Å²) < 4.78 is 6.24. The Labute approximate surface area is 174 Å². The van der Waals surface area contributed by atoms with Crippen molar-refractivity contribution in [2.75, 3.05) is 18.5 Å². The number of fused-ring (bicyclic) bond motifs is 1. The SMILES string of the molecule is CCOC(=O)Cn1c2c(cc(NC(=O)c3ccccc3)c1=O)C(=O)NCC(C)(C)C2. The molecule has 0 atom stereocenters. The van der Waals surface area contributed by atoms with Crippen LogP contribution in [0.1, 0.15) is 47.2 Å².